The molecule has 0 heterocycles. The number of phenolic OH excluding ortho intramolecular Hbond substituents is 1. The van der Waals surface area contributed by atoms with E-state index in [0.717, 1.165) is 24.3 Å². The van der Waals surface area contributed by atoms with Gasteiger partial charge in [-0.2, -0.15) is 0 Å². The minimum Gasteiger partial charge on any atom is -0.503 e. The van der Waals surface area contributed by atoms with Gasteiger partial charge in [0.1, 0.15) is 0 Å². The van der Waals surface area contributed by atoms with Crippen molar-refractivity contribution in [1.82, 2.24) is 0 Å². The van der Waals surface area contributed by atoms with Gasteiger partial charge in [-0.05, 0) is 54.5 Å². The summed E-state index contributed by atoms with van der Waals surface area (Å²) < 4.78 is 27.4. The van der Waals surface area contributed by atoms with Gasteiger partial charge in [0.2, 0.25) is 0 Å². The van der Waals surface area contributed by atoms with Gasteiger partial charge in [0, 0.05) is 5.39 Å². The normalized spacial score (nSPS) is 22.1. The molecule has 3 heteroatoms. The molecule has 1 fully saturated rings. The zero-order valence-corrected chi connectivity index (χ0v) is 12.9. The number of hydrogen-bond acceptors (Lipinski definition) is 1. The third-order valence-corrected chi connectivity index (χ3v) is 5.04. The smallest absolute Gasteiger partial charge is 0.188 e. The van der Waals surface area contributed by atoms with E-state index in [9.17, 15) is 13.9 Å². The molecule has 0 aromatic heterocycles. The fourth-order valence-electron chi connectivity index (χ4n) is 3.78. The molecule has 0 unspecified atom stereocenters. The van der Waals surface area contributed by atoms with Crippen LogP contribution in [-0.2, 0) is 0 Å². The molecule has 1 saturated carbocycles. The standard InChI is InChI=1S/C19H22F2O/c1-2-3-12-4-6-13(7-5-12)14-8-9-16-15(10-14)11-17(20)19(22)18(16)21/h8-13,22H,2-7H2,1H3. The highest BCUT2D eigenvalue weighted by Crippen LogP contribution is 2.39. The maximum absolute atomic E-state index is 13.9. The highest BCUT2D eigenvalue weighted by molar-refractivity contribution is 5.85. The first-order valence-electron chi connectivity index (χ1n) is 8.20. The van der Waals surface area contributed by atoms with E-state index in [-0.39, 0.29) is 5.39 Å². The number of rotatable bonds is 3. The van der Waals surface area contributed by atoms with Crippen LogP contribution in [0.5, 0.6) is 5.75 Å². The molecule has 1 nitrogen and oxygen atoms in total. The second-order valence-corrected chi connectivity index (χ2v) is 6.51. The van der Waals surface area contributed by atoms with Crippen LogP contribution in [0, 0.1) is 17.6 Å². The maximum atomic E-state index is 13.9. The molecule has 0 aliphatic heterocycles. The Bertz CT molecular complexity index is 673. The largest absolute Gasteiger partial charge is 0.503 e. The van der Waals surface area contributed by atoms with Crippen molar-refractivity contribution in [2.45, 2.75) is 51.4 Å². The number of phenols is 1. The van der Waals surface area contributed by atoms with E-state index in [4.69, 9.17) is 0 Å². The monoisotopic (exact) mass is 304 g/mol. The van der Waals surface area contributed by atoms with Gasteiger partial charge >= 0.3 is 0 Å². The molecule has 22 heavy (non-hydrogen) atoms. The van der Waals surface area contributed by atoms with Crippen molar-refractivity contribution in [2.24, 2.45) is 5.92 Å². The first-order valence-corrected chi connectivity index (χ1v) is 8.20. The molecule has 0 amide bonds. The molecule has 0 spiro atoms. The van der Waals surface area contributed by atoms with Crippen LogP contribution in [0.3, 0.4) is 0 Å². The first-order chi connectivity index (χ1) is 10.6. The summed E-state index contributed by atoms with van der Waals surface area (Å²) in [5, 5.41) is 10.2. The van der Waals surface area contributed by atoms with Crippen LogP contribution < -0.4 is 0 Å². The zero-order chi connectivity index (χ0) is 15.7. The SMILES string of the molecule is CCCC1CCC(c2ccc3c(F)c(O)c(F)cc3c2)CC1. The topological polar surface area (TPSA) is 20.2 Å². The third-order valence-electron chi connectivity index (χ3n) is 5.04. The minimum atomic E-state index is -0.895. The van der Waals surface area contributed by atoms with Gasteiger partial charge in [-0.15, -0.1) is 0 Å². The third kappa shape index (κ3) is 2.81. The molecular weight excluding hydrogens is 282 g/mol. The van der Waals surface area contributed by atoms with Crippen molar-refractivity contribution < 1.29 is 13.9 Å². The van der Waals surface area contributed by atoms with Crippen LogP contribution in [0.1, 0.15) is 56.9 Å². The number of hydrogen-bond donors (Lipinski definition) is 1. The van der Waals surface area contributed by atoms with Gasteiger partial charge in [-0.25, -0.2) is 8.78 Å². The Morgan fingerprint density at radius 3 is 2.50 bits per heavy atom. The van der Waals surface area contributed by atoms with Crippen molar-refractivity contribution in [1.29, 1.82) is 0 Å². The summed E-state index contributed by atoms with van der Waals surface area (Å²) >= 11 is 0. The number of halogens is 2. The molecule has 1 N–H and O–H groups in total. The Kier molecular flexibility index (Phi) is 4.32. The fraction of sp³-hybridized carbons (Fsp3) is 0.474. The predicted octanol–water partition coefficient (Wildman–Crippen LogP) is 5.90. The van der Waals surface area contributed by atoms with Crippen LogP contribution >= 0.6 is 0 Å². The Morgan fingerprint density at radius 1 is 1.09 bits per heavy atom. The highest BCUT2D eigenvalue weighted by Gasteiger charge is 2.22. The quantitative estimate of drug-likeness (QED) is 0.748. The van der Waals surface area contributed by atoms with Gasteiger partial charge in [0.05, 0.1) is 0 Å². The van der Waals surface area contributed by atoms with Crippen molar-refractivity contribution in [2.75, 3.05) is 0 Å². The molecule has 1 aliphatic rings. The van der Waals surface area contributed by atoms with E-state index in [1.165, 1.54) is 31.7 Å². The molecule has 0 atom stereocenters. The summed E-state index contributed by atoms with van der Waals surface area (Å²) in [4.78, 5) is 0. The summed E-state index contributed by atoms with van der Waals surface area (Å²) in [5.41, 5.74) is 1.16. The van der Waals surface area contributed by atoms with Gasteiger partial charge in [0.25, 0.3) is 0 Å². The minimum absolute atomic E-state index is 0.280. The molecule has 0 radical (unpaired) electrons. The lowest BCUT2D eigenvalue weighted by atomic mass is 9.77. The van der Waals surface area contributed by atoms with Crippen LogP contribution in [-0.4, -0.2) is 5.11 Å². The van der Waals surface area contributed by atoms with E-state index in [1.807, 2.05) is 12.1 Å². The molecule has 3 rings (SSSR count). The van der Waals surface area contributed by atoms with Crippen molar-refractivity contribution in [3.05, 3.63) is 41.5 Å². The van der Waals surface area contributed by atoms with Crippen molar-refractivity contribution in [3.63, 3.8) is 0 Å². The predicted molar refractivity (Wildman–Crippen MR) is 85.1 cm³/mol. The Morgan fingerprint density at radius 2 is 1.82 bits per heavy atom. The first kappa shape index (κ1) is 15.3. The lowest BCUT2D eigenvalue weighted by molar-refractivity contribution is 0.308. The highest BCUT2D eigenvalue weighted by atomic mass is 19.1. The lowest BCUT2D eigenvalue weighted by Crippen LogP contribution is -2.13. The number of benzene rings is 2. The van der Waals surface area contributed by atoms with Crippen LogP contribution in [0.4, 0.5) is 8.78 Å². The number of fused-ring (bicyclic) bond motifs is 1. The fourth-order valence-corrected chi connectivity index (χ4v) is 3.78. The Balaban J connectivity index is 1.85. The van der Waals surface area contributed by atoms with E-state index < -0.39 is 17.4 Å². The van der Waals surface area contributed by atoms with Gasteiger partial charge < -0.3 is 5.11 Å². The van der Waals surface area contributed by atoms with Gasteiger partial charge in [-0.1, -0.05) is 38.0 Å². The molecule has 1 aliphatic carbocycles. The lowest BCUT2D eigenvalue weighted by Gasteiger charge is -2.28. The van der Waals surface area contributed by atoms with Crippen LogP contribution in [0.2, 0.25) is 0 Å². The zero-order valence-electron chi connectivity index (χ0n) is 12.9. The summed E-state index contributed by atoms with van der Waals surface area (Å²) in [7, 11) is 0. The van der Waals surface area contributed by atoms with Crippen LogP contribution in [0.15, 0.2) is 24.3 Å². The molecule has 2 aromatic carbocycles. The van der Waals surface area contributed by atoms with E-state index in [2.05, 4.69) is 6.92 Å². The van der Waals surface area contributed by atoms with Gasteiger partial charge in [-0.3, -0.25) is 0 Å². The average molecular weight is 304 g/mol. The molecule has 0 bridgehead atoms. The van der Waals surface area contributed by atoms with E-state index in [0.29, 0.717) is 11.3 Å². The summed E-state index contributed by atoms with van der Waals surface area (Å²) in [6.45, 7) is 2.23. The molecule has 2 aromatic rings. The molecule has 118 valence electrons. The van der Waals surface area contributed by atoms with E-state index in [1.54, 1.807) is 6.07 Å². The van der Waals surface area contributed by atoms with Crippen molar-refractivity contribution >= 4 is 10.8 Å². The van der Waals surface area contributed by atoms with Crippen molar-refractivity contribution in [3.8, 4) is 5.75 Å². The summed E-state index contributed by atoms with van der Waals surface area (Å²) in [6, 6.07) is 6.69. The van der Waals surface area contributed by atoms with Crippen LogP contribution in [0.25, 0.3) is 10.8 Å². The summed E-state index contributed by atoms with van der Waals surface area (Å²) in [5.74, 6) is -1.33. The van der Waals surface area contributed by atoms with Gasteiger partial charge in [0.15, 0.2) is 17.4 Å². The Labute approximate surface area is 130 Å². The molecule has 0 saturated heterocycles. The average Bonchev–Trinajstić information content (AvgIpc) is 2.53. The maximum Gasteiger partial charge on any atom is 0.188 e. The summed E-state index contributed by atoms with van der Waals surface area (Å²) in [6.07, 6.45) is 7.34. The van der Waals surface area contributed by atoms with E-state index >= 15 is 0 Å². The Hall–Kier alpha value is -1.64. The second kappa shape index (κ2) is 6.23. The second-order valence-electron chi connectivity index (χ2n) is 6.51. The number of aromatic hydroxyl groups is 1. The molecular formula is C19H22F2O.